The van der Waals surface area contributed by atoms with Gasteiger partial charge in [-0.25, -0.2) is 4.79 Å². The first-order valence-electron chi connectivity index (χ1n) is 8.93. The molecular weight excluding hydrogens is 493 g/mol. The molecular formula is C20H21Cl5N2O3. The minimum Gasteiger partial charge on any atom is -0.445 e. The molecule has 1 amide bonds. The smallest absolute Gasteiger partial charge is 0.407 e. The number of nitrogens with one attached hydrogen (secondary N) is 1. The highest BCUT2D eigenvalue weighted by molar-refractivity contribution is 6.67. The van der Waals surface area contributed by atoms with Gasteiger partial charge < -0.3 is 20.1 Å². The summed E-state index contributed by atoms with van der Waals surface area (Å²) in [6, 6.07) is 14.3. The molecule has 10 heteroatoms. The van der Waals surface area contributed by atoms with Gasteiger partial charge in [0.25, 0.3) is 0 Å². The van der Waals surface area contributed by atoms with E-state index >= 15 is 0 Å². The van der Waals surface area contributed by atoms with Gasteiger partial charge in [0.2, 0.25) is 3.79 Å². The zero-order valence-electron chi connectivity index (χ0n) is 16.0. The molecule has 2 aromatic rings. The average Bonchev–Trinajstić information content (AvgIpc) is 2.67. The third kappa shape index (κ3) is 8.22. The lowest BCUT2D eigenvalue weighted by Crippen LogP contribution is -2.43. The van der Waals surface area contributed by atoms with Crippen LogP contribution in [-0.4, -0.2) is 41.2 Å². The van der Waals surface area contributed by atoms with Gasteiger partial charge in [-0.2, -0.15) is 0 Å². The molecule has 0 heterocycles. The molecule has 0 fully saturated rings. The second-order valence-electron chi connectivity index (χ2n) is 6.78. The lowest BCUT2D eigenvalue weighted by molar-refractivity contribution is 0.0645. The van der Waals surface area contributed by atoms with Crippen molar-refractivity contribution in [2.75, 3.05) is 31.1 Å². The second kappa shape index (κ2) is 11.0. The normalized spacial score (nSPS) is 13.4. The van der Waals surface area contributed by atoms with E-state index in [2.05, 4.69) is 5.32 Å². The second-order valence-corrected chi connectivity index (χ2v) is 10.1. The first-order valence-corrected chi connectivity index (χ1v) is 10.8. The van der Waals surface area contributed by atoms with Crippen molar-refractivity contribution in [1.29, 1.82) is 0 Å². The number of carbonyl (C=O) groups excluding carboxylic acids is 1. The Morgan fingerprint density at radius 2 is 1.80 bits per heavy atom. The van der Waals surface area contributed by atoms with E-state index in [0.29, 0.717) is 22.3 Å². The number of anilines is 1. The maximum Gasteiger partial charge on any atom is 0.407 e. The fourth-order valence-corrected chi connectivity index (χ4v) is 3.33. The zero-order chi connectivity index (χ0) is 22.4. The summed E-state index contributed by atoms with van der Waals surface area (Å²) in [5, 5.41) is 14.6. The number of aliphatic hydroxyl groups is 1. The summed E-state index contributed by atoms with van der Waals surface area (Å²) >= 11 is 29.2. The number of alkyl halides is 3. The van der Waals surface area contributed by atoms with Crippen molar-refractivity contribution in [2.24, 2.45) is 0 Å². The van der Waals surface area contributed by atoms with E-state index in [1.54, 1.807) is 25.1 Å². The van der Waals surface area contributed by atoms with E-state index in [-0.39, 0.29) is 19.7 Å². The van der Waals surface area contributed by atoms with Crippen molar-refractivity contribution in [3.8, 4) is 0 Å². The number of amides is 1. The van der Waals surface area contributed by atoms with Crippen LogP contribution in [0.2, 0.25) is 10.0 Å². The Morgan fingerprint density at radius 1 is 1.13 bits per heavy atom. The molecule has 0 saturated heterocycles. The Labute approximate surface area is 200 Å². The van der Waals surface area contributed by atoms with Gasteiger partial charge in [0.05, 0.1) is 17.3 Å². The van der Waals surface area contributed by atoms with Gasteiger partial charge in [-0.05, 0) is 30.7 Å². The maximum atomic E-state index is 11.8. The predicted octanol–water partition coefficient (Wildman–Crippen LogP) is 5.80. The minimum absolute atomic E-state index is 0.187. The predicted molar refractivity (Wildman–Crippen MR) is 124 cm³/mol. The van der Waals surface area contributed by atoms with Crippen LogP contribution in [0.5, 0.6) is 0 Å². The topological polar surface area (TPSA) is 61.8 Å². The Morgan fingerprint density at radius 3 is 2.43 bits per heavy atom. The van der Waals surface area contributed by atoms with Gasteiger partial charge in [0, 0.05) is 18.1 Å². The van der Waals surface area contributed by atoms with Crippen LogP contribution in [-0.2, 0) is 10.3 Å². The summed E-state index contributed by atoms with van der Waals surface area (Å²) in [7, 11) is 0. The number of carbonyl (C=O) groups is 1. The number of hydrogen-bond donors (Lipinski definition) is 2. The number of hydrogen-bond acceptors (Lipinski definition) is 4. The molecule has 0 spiro atoms. The average molecular weight is 515 g/mol. The molecule has 0 saturated carbocycles. The van der Waals surface area contributed by atoms with E-state index in [4.69, 9.17) is 62.7 Å². The van der Waals surface area contributed by atoms with Crippen LogP contribution >= 0.6 is 58.0 Å². The fraction of sp³-hybridized carbons (Fsp3) is 0.350. The van der Waals surface area contributed by atoms with Crippen LogP contribution in [0.3, 0.4) is 0 Å². The highest BCUT2D eigenvalue weighted by atomic mass is 35.6. The van der Waals surface area contributed by atoms with Crippen LogP contribution in [0.1, 0.15) is 12.5 Å². The molecule has 2 N–H and O–H groups in total. The molecule has 0 radical (unpaired) electrons. The van der Waals surface area contributed by atoms with Crippen LogP contribution in [0.25, 0.3) is 0 Å². The molecule has 0 aliphatic rings. The lowest BCUT2D eigenvalue weighted by Gasteiger charge is -2.34. The number of benzene rings is 2. The maximum absolute atomic E-state index is 11.8. The summed E-state index contributed by atoms with van der Waals surface area (Å²) in [6.07, 6.45) is -0.728. The Kier molecular flexibility index (Phi) is 9.22. The van der Waals surface area contributed by atoms with Crippen molar-refractivity contribution >= 4 is 69.8 Å². The third-order valence-electron chi connectivity index (χ3n) is 4.16. The molecule has 0 bridgehead atoms. The number of alkyl carbamates (subject to hydrolysis) is 1. The quantitative estimate of drug-likeness (QED) is 0.437. The van der Waals surface area contributed by atoms with Crippen LogP contribution in [0.15, 0.2) is 48.5 Å². The van der Waals surface area contributed by atoms with Gasteiger partial charge in [0.1, 0.15) is 12.2 Å². The standard InChI is InChI=1S/C20H21Cl5N2O3/c1-19(29,14-5-3-2-4-6-14)12-27(17-11-15(21)7-8-16(17)22)10-9-26-18(28)30-13-20(23,24)25/h2-8,11,29H,9-10,12-13H2,1H3,(H,26,28). The highest BCUT2D eigenvalue weighted by Crippen LogP contribution is 2.32. The molecule has 30 heavy (non-hydrogen) atoms. The molecule has 0 aromatic heterocycles. The van der Waals surface area contributed by atoms with Crippen LogP contribution in [0, 0.1) is 0 Å². The van der Waals surface area contributed by atoms with Crippen LogP contribution in [0.4, 0.5) is 10.5 Å². The fourth-order valence-electron chi connectivity index (χ4n) is 2.76. The summed E-state index contributed by atoms with van der Waals surface area (Å²) in [6.45, 7) is 2.02. The molecule has 164 valence electrons. The summed E-state index contributed by atoms with van der Waals surface area (Å²) in [5.74, 6) is 0. The monoisotopic (exact) mass is 512 g/mol. The minimum atomic E-state index is -1.69. The van der Waals surface area contributed by atoms with Gasteiger partial charge in [0.15, 0.2) is 0 Å². The summed E-state index contributed by atoms with van der Waals surface area (Å²) in [4.78, 5) is 13.6. The van der Waals surface area contributed by atoms with Crippen molar-refractivity contribution in [3.05, 3.63) is 64.1 Å². The number of ether oxygens (including phenoxy) is 1. The van der Waals surface area contributed by atoms with Gasteiger partial charge >= 0.3 is 6.09 Å². The van der Waals surface area contributed by atoms with Gasteiger partial charge in [-0.1, -0.05) is 88.3 Å². The molecule has 1 unspecified atom stereocenters. The largest absolute Gasteiger partial charge is 0.445 e. The number of nitrogens with zero attached hydrogens (tertiary/aromatic N) is 1. The molecule has 2 rings (SSSR count). The van der Waals surface area contributed by atoms with Gasteiger partial charge in [-0.15, -0.1) is 0 Å². The van der Waals surface area contributed by atoms with Crippen molar-refractivity contribution in [1.82, 2.24) is 5.32 Å². The van der Waals surface area contributed by atoms with Gasteiger partial charge in [-0.3, -0.25) is 0 Å². The Balaban J connectivity index is 2.12. The van der Waals surface area contributed by atoms with E-state index in [0.717, 1.165) is 5.56 Å². The highest BCUT2D eigenvalue weighted by Gasteiger charge is 2.27. The molecule has 0 aliphatic heterocycles. The summed E-state index contributed by atoms with van der Waals surface area (Å²) in [5.41, 5.74) is 0.170. The number of rotatable bonds is 8. The zero-order valence-corrected chi connectivity index (χ0v) is 19.8. The van der Waals surface area contributed by atoms with Crippen molar-refractivity contribution in [3.63, 3.8) is 0 Å². The molecule has 2 aromatic carbocycles. The molecule has 5 nitrogen and oxygen atoms in total. The van der Waals surface area contributed by atoms with E-state index in [9.17, 15) is 9.90 Å². The third-order valence-corrected chi connectivity index (χ3v) is 5.04. The first kappa shape index (κ1) is 25.2. The molecule has 0 aliphatic carbocycles. The van der Waals surface area contributed by atoms with Crippen LogP contribution < -0.4 is 10.2 Å². The Bertz CT molecular complexity index is 844. The first-order chi connectivity index (χ1) is 14.0. The number of halogens is 5. The van der Waals surface area contributed by atoms with E-state index in [1.165, 1.54) is 0 Å². The SMILES string of the molecule is CC(O)(CN(CCNC(=O)OCC(Cl)(Cl)Cl)c1cc(Cl)ccc1Cl)c1ccccc1. The summed E-state index contributed by atoms with van der Waals surface area (Å²) < 4.78 is 3.16. The lowest BCUT2D eigenvalue weighted by atomic mass is 9.95. The molecule has 1 atom stereocenters. The van der Waals surface area contributed by atoms with Crippen molar-refractivity contribution < 1.29 is 14.6 Å². The Hall–Kier alpha value is -1.08. The van der Waals surface area contributed by atoms with E-state index in [1.807, 2.05) is 35.2 Å². The van der Waals surface area contributed by atoms with E-state index < -0.39 is 15.5 Å². The van der Waals surface area contributed by atoms with Crippen molar-refractivity contribution in [2.45, 2.75) is 16.3 Å².